The summed E-state index contributed by atoms with van der Waals surface area (Å²) in [6, 6.07) is 0. The highest BCUT2D eigenvalue weighted by atomic mass is 16.6. The third-order valence-corrected chi connectivity index (χ3v) is 16.7. The Kier molecular flexibility index (Phi) is 57.8. The minimum atomic E-state index is -0.870. The summed E-state index contributed by atoms with van der Waals surface area (Å²) in [5.41, 5.74) is -0.870. The number of carbonyl (C=O) groups is 6. The Balaban J connectivity index is 5.28. The summed E-state index contributed by atoms with van der Waals surface area (Å²) in [7, 11) is 0. The summed E-state index contributed by atoms with van der Waals surface area (Å²) >= 11 is 0. The lowest BCUT2D eigenvalue weighted by atomic mass is 9.88. The van der Waals surface area contributed by atoms with Gasteiger partial charge in [-0.2, -0.15) is 0 Å². The summed E-state index contributed by atoms with van der Waals surface area (Å²) in [6.07, 6.45) is 50.1. The topological polar surface area (TPSA) is 158 Å². The monoisotopic (exact) mass is 1190 g/mol. The summed E-state index contributed by atoms with van der Waals surface area (Å²) in [6.45, 7) is 14.6. The Labute approximate surface area is 516 Å². The van der Waals surface area contributed by atoms with E-state index in [0.29, 0.717) is 44.9 Å². The van der Waals surface area contributed by atoms with E-state index in [2.05, 4.69) is 20.8 Å². The van der Waals surface area contributed by atoms with Crippen molar-refractivity contribution in [1.82, 2.24) is 0 Å². The maximum Gasteiger partial charge on any atom is 0.306 e. The normalized spacial score (nSPS) is 13.2. The Bertz CT molecular complexity index is 1370. The van der Waals surface area contributed by atoms with Crippen molar-refractivity contribution < 1.29 is 57.2 Å². The zero-order valence-electron chi connectivity index (χ0n) is 56.0. The minimum absolute atomic E-state index is 0.0127. The first kappa shape index (κ1) is 80.8. The van der Waals surface area contributed by atoms with E-state index in [1.807, 2.05) is 27.7 Å². The summed E-state index contributed by atoms with van der Waals surface area (Å²) in [5, 5.41) is 0. The van der Waals surface area contributed by atoms with Gasteiger partial charge in [-0.3, -0.25) is 28.8 Å². The van der Waals surface area contributed by atoms with Gasteiger partial charge in [-0.25, -0.2) is 0 Å². The van der Waals surface area contributed by atoms with E-state index in [0.717, 1.165) is 154 Å². The van der Waals surface area contributed by atoms with Crippen molar-refractivity contribution in [2.45, 2.75) is 401 Å². The van der Waals surface area contributed by atoms with Crippen LogP contribution in [0.15, 0.2) is 0 Å². The van der Waals surface area contributed by atoms with Gasteiger partial charge in [-0.05, 0) is 122 Å². The molecule has 12 nitrogen and oxygen atoms in total. The van der Waals surface area contributed by atoms with E-state index in [1.54, 1.807) is 0 Å². The molecule has 0 amide bonds. The predicted molar refractivity (Wildman–Crippen MR) is 345 cm³/mol. The molecule has 0 saturated carbocycles. The fraction of sp³-hybridized carbons (Fsp3) is 0.917. The molecular weight excluding hydrogens is 1060 g/mol. The second-order valence-electron chi connectivity index (χ2n) is 25.1. The molecule has 0 bridgehead atoms. The summed E-state index contributed by atoms with van der Waals surface area (Å²) < 4.78 is 35.3. The van der Waals surface area contributed by atoms with Gasteiger partial charge in [0.05, 0.1) is 5.41 Å². The van der Waals surface area contributed by atoms with Gasteiger partial charge in [0.1, 0.15) is 38.1 Å². The third-order valence-electron chi connectivity index (χ3n) is 16.7. The number of hydrogen-bond acceptors (Lipinski definition) is 12. The van der Waals surface area contributed by atoms with Crippen LogP contribution in [0.3, 0.4) is 0 Å². The number of carbonyl (C=O) groups excluding carboxylic acids is 6. The molecule has 0 radical (unpaired) electrons. The van der Waals surface area contributed by atoms with E-state index >= 15 is 0 Å². The highest BCUT2D eigenvalue weighted by Crippen LogP contribution is 2.27. The Hall–Kier alpha value is -3.18. The number of ether oxygens (including phenoxy) is 6. The van der Waals surface area contributed by atoms with Crippen molar-refractivity contribution in [2.75, 3.05) is 19.8 Å². The van der Waals surface area contributed by atoms with Crippen molar-refractivity contribution in [1.29, 1.82) is 0 Å². The lowest BCUT2D eigenvalue weighted by Crippen LogP contribution is -2.39. The molecule has 84 heavy (non-hydrogen) atoms. The molecule has 0 N–H and O–H groups in total. The van der Waals surface area contributed by atoms with Gasteiger partial charge in [0, 0.05) is 38.5 Å². The predicted octanol–water partition coefficient (Wildman–Crippen LogP) is 20.8. The molecule has 0 heterocycles. The molecule has 0 spiro atoms. The average molecular weight is 1190 g/mol. The van der Waals surface area contributed by atoms with Crippen LogP contribution in [0.5, 0.6) is 0 Å². The molecule has 494 valence electrons. The standard InChI is InChI=1S/C72H134O12/c1-8-15-18-21-24-30-39-51-63(82-69(76)48-11-4)54-42-33-27-36-45-57-66(73)79-60-72(14-7,61-80-67(74)58-46-37-28-34-43-55-64(83-70(77)49-12-5)52-40-31-25-22-19-16-9-2)62-81-68(75)59-47-38-29-35-44-56-65(84-71(78)50-13-6)53-41-32-26-23-20-17-10-3/h63-65H,8-62H2,1-7H3. The molecule has 0 aliphatic heterocycles. The number of unbranched alkanes of at least 4 members (excludes halogenated alkanes) is 30. The lowest BCUT2D eigenvalue weighted by Gasteiger charge is -2.31. The fourth-order valence-electron chi connectivity index (χ4n) is 11.0. The third kappa shape index (κ3) is 52.0. The Morgan fingerprint density at radius 3 is 0.643 bits per heavy atom. The van der Waals surface area contributed by atoms with E-state index in [-0.39, 0.29) is 93.2 Å². The Morgan fingerprint density at radius 2 is 0.440 bits per heavy atom. The van der Waals surface area contributed by atoms with Crippen molar-refractivity contribution in [3.8, 4) is 0 Å². The van der Waals surface area contributed by atoms with Gasteiger partial charge in [-0.1, -0.05) is 222 Å². The van der Waals surface area contributed by atoms with Gasteiger partial charge in [0.25, 0.3) is 0 Å². The first-order chi connectivity index (χ1) is 40.9. The first-order valence-corrected chi connectivity index (χ1v) is 36.0. The summed E-state index contributed by atoms with van der Waals surface area (Å²) in [4.78, 5) is 76.7. The Morgan fingerprint density at radius 1 is 0.238 bits per heavy atom. The molecule has 3 atom stereocenters. The van der Waals surface area contributed by atoms with Crippen LogP contribution in [-0.4, -0.2) is 73.9 Å². The molecule has 12 heteroatoms. The molecule has 3 unspecified atom stereocenters. The number of rotatable bonds is 64. The zero-order chi connectivity index (χ0) is 61.8. The van der Waals surface area contributed by atoms with E-state index < -0.39 is 5.41 Å². The molecule has 0 saturated heterocycles. The van der Waals surface area contributed by atoms with E-state index in [4.69, 9.17) is 28.4 Å². The molecule has 0 aromatic heterocycles. The smallest absolute Gasteiger partial charge is 0.306 e. The first-order valence-electron chi connectivity index (χ1n) is 36.0. The molecular formula is C72H134O12. The van der Waals surface area contributed by atoms with Crippen molar-refractivity contribution >= 4 is 35.8 Å². The van der Waals surface area contributed by atoms with Crippen LogP contribution < -0.4 is 0 Å². The van der Waals surface area contributed by atoms with Crippen LogP contribution in [-0.2, 0) is 57.2 Å². The van der Waals surface area contributed by atoms with Crippen LogP contribution in [0, 0.1) is 5.41 Å². The highest BCUT2D eigenvalue weighted by molar-refractivity contribution is 5.71. The van der Waals surface area contributed by atoms with Crippen LogP contribution >= 0.6 is 0 Å². The second kappa shape index (κ2) is 60.1. The van der Waals surface area contributed by atoms with Crippen LogP contribution in [0.2, 0.25) is 0 Å². The SMILES string of the molecule is CCCCCCCCCC(CCCCCCCC(=O)OCC(CC)(COC(=O)CCCCCCCC(CCCCCCCCC)OC(=O)CCC)COC(=O)CCCCCCCC(CCCCCCCCC)OC(=O)CCC)OC(=O)CCC. The quantitative estimate of drug-likeness (QED) is 0.0323. The largest absolute Gasteiger partial charge is 0.465 e. The van der Waals surface area contributed by atoms with Crippen molar-refractivity contribution in [2.24, 2.45) is 5.41 Å². The molecule has 0 aromatic rings. The fourth-order valence-corrected chi connectivity index (χ4v) is 11.0. The van der Waals surface area contributed by atoms with Crippen LogP contribution in [0.4, 0.5) is 0 Å². The lowest BCUT2D eigenvalue weighted by molar-refractivity contribution is -0.163. The van der Waals surface area contributed by atoms with Gasteiger partial charge in [0.2, 0.25) is 0 Å². The minimum Gasteiger partial charge on any atom is -0.465 e. The van der Waals surface area contributed by atoms with Crippen LogP contribution in [0.25, 0.3) is 0 Å². The highest BCUT2D eigenvalue weighted by Gasteiger charge is 2.34. The zero-order valence-corrected chi connectivity index (χ0v) is 56.0. The van der Waals surface area contributed by atoms with Gasteiger partial charge < -0.3 is 28.4 Å². The van der Waals surface area contributed by atoms with Crippen LogP contribution in [0.1, 0.15) is 382 Å². The average Bonchev–Trinajstić information content (AvgIpc) is 3.68. The summed E-state index contributed by atoms with van der Waals surface area (Å²) in [5.74, 6) is -1.20. The van der Waals surface area contributed by atoms with E-state index in [9.17, 15) is 28.8 Å². The molecule has 0 aliphatic rings. The van der Waals surface area contributed by atoms with Crippen molar-refractivity contribution in [3.05, 3.63) is 0 Å². The molecule has 0 aromatic carbocycles. The maximum atomic E-state index is 13.2. The van der Waals surface area contributed by atoms with Gasteiger partial charge in [-0.15, -0.1) is 0 Å². The van der Waals surface area contributed by atoms with E-state index in [1.165, 1.54) is 116 Å². The molecule has 0 aliphatic carbocycles. The number of esters is 6. The van der Waals surface area contributed by atoms with Gasteiger partial charge >= 0.3 is 35.8 Å². The van der Waals surface area contributed by atoms with Crippen molar-refractivity contribution in [3.63, 3.8) is 0 Å². The molecule has 0 rings (SSSR count). The second-order valence-corrected chi connectivity index (χ2v) is 25.1. The molecule has 0 fully saturated rings. The number of hydrogen-bond donors (Lipinski definition) is 0. The maximum absolute atomic E-state index is 13.2. The van der Waals surface area contributed by atoms with Gasteiger partial charge in [0.15, 0.2) is 0 Å².